The fraction of sp³-hybridized carbons (Fsp3) is 0.385. The standard InChI is InChI=1S/C13H14ClNO3/c1-8(16)12-6-11(17)7-15(12)13(18)9-3-2-4-10(14)5-9/h2-5,11-12,17H,6-7H2,1H3. The van der Waals surface area contributed by atoms with E-state index in [1.54, 1.807) is 24.3 Å². The molecule has 1 aromatic carbocycles. The number of nitrogens with zero attached hydrogens (tertiary/aromatic N) is 1. The maximum atomic E-state index is 12.3. The smallest absolute Gasteiger partial charge is 0.254 e. The van der Waals surface area contributed by atoms with Gasteiger partial charge >= 0.3 is 0 Å². The van der Waals surface area contributed by atoms with Crippen LogP contribution in [0.5, 0.6) is 0 Å². The first-order valence-electron chi connectivity index (χ1n) is 5.74. The first kappa shape index (κ1) is 13.1. The summed E-state index contributed by atoms with van der Waals surface area (Å²) in [6, 6.07) is 6.04. The highest BCUT2D eigenvalue weighted by atomic mass is 35.5. The third-order valence-electron chi connectivity index (χ3n) is 3.08. The topological polar surface area (TPSA) is 57.6 Å². The Labute approximate surface area is 110 Å². The number of aliphatic hydroxyl groups is 1. The van der Waals surface area contributed by atoms with Crippen LogP contribution in [0.2, 0.25) is 5.02 Å². The van der Waals surface area contributed by atoms with Gasteiger partial charge in [0.25, 0.3) is 5.91 Å². The number of ketones is 1. The van der Waals surface area contributed by atoms with Crippen molar-refractivity contribution < 1.29 is 14.7 Å². The van der Waals surface area contributed by atoms with Gasteiger partial charge in [-0.3, -0.25) is 9.59 Å². The minimum absolute atomic E-state index is 0.109. The van der Waals surface area contributed by atoms with Crippen LogP contribution < -0.4 is 0 Å². The Bertz CT molecular complexity index is 489. The van der Waals surface area contributed by atoms with Gasteiger partial charge in [0.15, 0.2) is 5.78 Å². The number of rotatable bonds is 2. The van der Waals surface area contributed by atoms with Crippen LogP contribution in [0.3, 0.4) is 0 Å². The fourth-order valence-corrected chi connectivity index (χ4v) is 2.40. The van der Waals surface area contributed by atoms with Gasteiger partial charge in [-0.25, -0.2) is 0 Å². The van der Waals surface area contributed by atoms with E-state index in [9.17, 15) is 14.7 Å². The lowest BCUT2D eigenvalue weighted by Gasteiger charge is -2.22. The second kappa shape index (κ2) is 5.08. The molecule has 4 nitrogen and oxygen atoms in total. The highest BCUT2D eigenvalue weighted by Crippen LogP contribution is 2.22. The molecule has 1 N–H and O–H groups in total. The van der Waals surface area contributed by atoms with E-state index in [1.165, 1.54) is 11.8 Å². The summed E-state index contributed by atoms with van der Waals surface area (Å²) in [7, 11) is 0. The summed E-state index contributed by atoms with van der Waals surface area (Å²) in [6.45, 7) is 1.62. The van der Waals surface area contributed by atoms with Crippen LogP contribution in [0.4, 0.5) is 0 Å². The monoisotopic (exact) mass is 267 g/mol. The quantitative estimate of drug-likeness (QED) is 0.884. The van der Waals surface area contributed by atoms with E-state index >= 15 is 0 Å². The average Bonchev–Trinajstić information content (AvgIpc) is 2.70. The molecule has 1 aromatic rings. The minimum Gasteiger partial charge on any atom is -0.391 e. The number of hydrogen-bond donors (Lipinski definition) is 1. The van der Waals surface area contributed by atoms with Crippen molar-refractivity contribution in [3.63, 3.8) is 0 Å². The Kier molecular flexibility index (Phi) is 3.68. The summed E-state index contributed by atoms with van der Waals surface area (Å²) < 4.78 is 0. The van der Waals surface area contributed by atoms with Crippen molar-refractivity contribution in [2.45, 2.75) is 25.5 Å². The summed E-state index contributed by atoms with van der Waals surface area (Å²) in [6.07, 6.45) is -0.330. The molecule has 18 heavy (non-hydrogen) atoms. The first-order valence-corrected chi connectivity index (χ1v) is 6.12. The molecular formula is C13H14ClNO3. The van der Waals surface area contributed by atoms with Gasteiger partial charge in [0.05, 0.1) is 12.1 Å². The number of amides is 1. The summed E-state index contributed by atoms with van der Waals surface area (Å²) in [5.74, 6) is -0.379. The molecule has 1 amide bonds. The molecule has 1 heterocycles. The van der Waals surface area contributed by atoms with Gasteiger partial charge in [-0.1, -0.05) is 17.7 Å². The van der Waals surface area contributed by atoms with Gasteiger partial charge in [-0.15, -0.1) is 0 Å². The van der Waals surface area contributed by atoms with Crippen molar-refractivity contribution in [1.29, 1.82) is 0 Å². The number of hydrogen-bond acceptors (Lipinski definition) is 3. The number of carbonyl (C=O) groups excluding carboxylic acids is 2. The van der Waals surface area contributed by atoms with Crippen molar-refractivity contribution in [3.8, 4) is 0 Å². The number of Topliss-reactive ketones (excluding diaryl/α,β-unsaturated/α-hetero) is 1. The second-order valence-corrected chi connectivity index (χ2v) is 4.92. The lowest BCUT2D eigenvalue weighted by molar-refractivity contribution is -0.120. The van der Waals surface area contributed by atoms with E-state index in [0.717, 1.165) is 0 Å². The van der Waals surface area contributed by atoms with Crippen LogP contribution in [0.25, 0.3) is 0 Å². The highest BCUT2D eigenvalue weighted by Gasteiger charge is 2.37. The molecule has 2 atom stereocenters. The number of benzene rings is 1. The highest BCUT2D eigenvalue weighted by molar-refractivity contribution is 6.31. The van der Waals surface area contributed by atoms with Crippen molar-refractivity contribution in [1.82, 2.24) is 4.90 Å². The van der Waals surface area contributed by atoms with Crippen LogP contribution in [0, 0.1) is 0 Å². The lowest BCUT2D eigenvalue weighted by atomic mass is 10.1. The van der Waals surface area contributed by atoms with Gasteiger partial charge in [0.2, 0.25) is 0 Å². The van der Waals surface area contributed by atoms with Gasteiger partial charge in [-0.05, 0) is 25.1 Å². The van der Waals surface area contributed by atoms with Crippen LogP contribution in [0.15, 0.2) is 24.3 Å². The predicted octanol–water partition coefficient (Wildman–Crippen LogP) is 1.50. The van der Waals surface area contributed by atoms with Crippen LogP contribution >= 0.6 is 11.6 Å². The fourth-order valence-electron chi connectivity index (χ4n) is 2.21. The van der Waals surface area contributed by atoms with Gasteiger partial charge in [0.1, 0.15) is 0 Å². The summed E-state index contributed by atoms with van der Waals surface area (Å²) in [4.78, 5) is 25.2. The molecule has 1 aliphatic rings. The van der Waals surface area contributed by atoms with E-state index in [0.29, 0.717) is 17.0 Å². The largest absolute Gasteiger partial charge is 0.391 e. The molecule has 96 valence electrons. The molecule has 2 rings (SSSR count). The van der Waals surface area contributed by atoms with Gasteiger partial charge in [-0.2, -0.15) is 0 Å². The maximum Gasteiger partial charge on any atom is 0.254 e. The first-order chi connectivity index (χ1) is 8.49. The van der Waals surface area contributed by atoms with Crippen molar-refractivity contribution >= 4 is 23.3 Å². The normalized spacial score (nSPS) is 23.2. The van der Waals surface area contributed by atoms with E-state index in [1.807, 2.05) is 0 Å². The van der Waals surface area contributed by atoms with Crippen molar-refractivity contribution in [2.24, 2.45) is 0 Å². The Morgan fingerprint density at radius 2 is 2.17 bits per heavy atom. The van der Waals surface area contributed by atoms with E-state index in [-0.39, 0.29) is 18.2 Å². The summed E-state index contributed by atoms with van der Waals surface area (Å²) in [5.41, 5.74) is 0.433. The number of β-amino-alcohol motifs (C(OH)–C–C–N with tert-alkyl or cyclic N) is 1. The molecule has 5 heteroatoms. The predicted molar refractivity (Wildman–Crippen MR) is 67.6 cm³/mol. The Morgan fingerprint density at radius 3 is 2.78 bits per heavy atom. The second-order valence-electron chi connectivity index (χ2n) is 4.48. The van der Waals surface area contributed by atoms with Crippen molar-refractivity contribution in [2.75, 3.05) is 6.54 Å². The zero-order valence-corrected chi connectivity index (χ0v) is 10.7. The molecule has 2 unspecified atom stereocenters. The molecule has 1 fully saturated rings. The Morgan fingerprint density at radius 1 is 1.44 bits per heavy atom. The maximum absolute atomic E-state index is 12.3. The number of carbonyl (C=O) groups is 2. The van der Waals surface area contributed by atoms with E-state index < -0.39 is 12.1 Å². The lowest BCUT2D eigenvalue weighted by Crippen LogP contribution is -2.39. The minimum atomic E-state index is -0.637. The van der Waals surface area contributed by atoms with Crippen LogP contribution in [0.1, 0.15) is 23.7 Å². The number of likely N-dealkylation sites (tertiary alicyclic amines) is 1. The molecule has 0 bridgehead atoms. The zero-order chi connectivity index (χ0) is 13.3. The van der Waals surface area contributed by atoms with E-state index in [4.69, 9.17) is 11.6 Å². The van der Waals surface area contributed by atoms with Crippen LogP contribution in [-0.2, 0) is 4.79 Å². The molecule has 1 aliphatic heterocycles. The molecule has 0 saturated carbocycles. The average molecular weight is 268 g/mol. The van der Waals surface area contributed by atoms with E-state index in [2.05, 4.69) is 0 Å². The molecule has 0 spiro atoms. The third kappa shape index (κ3) is 2.54. The third-order valence-corrected chi connectivity index (χ3v) is 3.32. The van der Waals surface area contributed by atoms with Gasteiger partial charge in [0, 0.05) is 23.6 Å². The SMILES string of the molecule is CC(=O)C1CC(O)CN1C(=O)c1cccc(Cl)c1. The Hall–Kier alpha value is -1.39. The Balaban J connectivity index is 2.25. The molecule has 1 saturated heterocycles. The summed E-state index contributed by atoms with van der Waals surface area (Å²) in [5, 5.41) is 10.1. The van der Waals surface area contributed by atoms with Crippen molar-refractivity contribution in [3.05, 3.63) is 34.9 Å². The van der Waals surface area contributed by atoms with Crippen LogP contribution in [-0.4, -0.2) is 40.4 Å². The van der Waals surface area contributed by atoms with Gasteiger partial charge < -0.3 is 10.0 Å². The molecule has 0 aromatic heterocycles. The molecule has 0 radical (unpaired) electrons. The molecular weight excluding hydrogens is 254 g/mol. The number of aliphatic hydroxyl groups excluding tert-OH is 1. The summed E-state index contributed by atoms with van der Waals surface area (Å²) >= 11 is 5.84. The zero-order valence-electron chi connectivity index (χ0n) is 9.97. The molecule has 0 aliphatic carbocycles. The number of halogens is 1.